The summed E-state index contributed by atoms with van der Waals surface area (Å²) in [6.45, 7) is -0.245. The van der Waals surface area contributed by atoms with E-state index in [1.54, 1.807) is 0 Å². The van der Waals surface area contributed by atoms with Crippen LogP contribution in [0, 0.1) is 62.9 Å². The van der Waals surface area contributed by atoms with Gasteiger partial charge in [-0.3, -0.25) is 9.79 Å². The largest absolute Gasteiger partial charge is 2.00 e. The number of fused-ring (bicyclic) bond motifs is 1. The van der Waals surface area contributed by atoms with Crippen molar-refractivity contribution in [3.8, 4) is 0 Å². The van der Waals surface area contributed by atoms with Crippen molar-refractivity contribution in [2.24, 2.45) is 4.99 Å². The molecule has 0 saturated heterocycles. The summed E-state index contributed by atoms with van der Waals surface area (Å²) in [7, 11) is 0. The van der Waals surface area contributed by atoms with E-state index in [1.165, 1.54) is 16.3 Å². The van der Waals surface area contributed by atoms with E-state index < -0.39 is 6.89 Å². The van der Waals surface area contributed by atoms with Crippen LogP contribution >= 0.6 is 6.89 Å². The van der Waals surface area contributed by atoms with Crippen LogP contribution in [0.3, 0.4) is 0 Å². The number of aliphatic imine (C=N–C) groups is 1. The third-order valence-corrected chi connectivity index (χ3v) is 9.27. The second kappa shape index (κ2) is 10.8. The normalized spacial score (nSPS) is 20.4. The second-order valence-electron chi connectivity index (χ2n) is 6.80. The Kier molecular flexibility index (Phi) is 8.35. The van der Waals surface area contributed by atoms with Crippen LogP contribution in [-0.4, -0.2) is 17.4 Å². The number of hydrogen-bond acceptors (Lipinski definition) is 2. The summed E-state index contributed by atoms with van der Waals surface area (Å²) in [6.07, 6.45) is 17.3. The molecule has 4 heteroatoms. The van der Waals surface area contributed by atoms with Gasteiger partial charge in [-0.15, -0.1) is 0 Å². The Morgan fingerprint density at radius 3 is 1.70 bits per heavy atom. The Morgan fingerprint density at radius 1 is 0.733 bits per heavy atom. The molecule has 10 radical (unpaired) electrons. The molecule has 2 nitrogen and oxygen atoms in total. The van der Waals surface area contributed by atoms with Crippen LogP contribution in [0.1, 0.15) is 6.92 Å². The molecule has 0 amide bonds. The molecule has 30 heavy (non-hydrogen) atoms. The van der Waals surface area contributed by atoms with Crippen molar-refractivity contribution in [2.45, 2.75) is 6.92 Å². The van der Waals surface area contributed by atoms with Crippen molar-refractivity contribution in [1.82, 2.24) is 0 Å². The zero-order valence-corrected chi connectivity index (χ0v) is 18.6. The SMILES string of the molecule is CC1=NC(C=O)=P(c2ccccc2)(c2ccccc2)[C]2[CH][CH][CH][C]21.[CH]1[CH][CH][CH][CH]1.[Fe+2]. The van der Waals surface area contributed by atoms with Crippen molar-refractivity contribution >= 4 is 34.9 Å². The van der Waals surface area contributed by atoms with Crippen molar-refractivity contribution in [3.05, 3.63) is 124 Å². The molecule has 0 N–H and O–H groups in total. The van der Waals surface area contributed by atoms with Gasteiger partial charge in [0, 0.05) is 17.3 Å². The average molecular weight is 451 g/mol. The van der Waals surface area contributed by atoms with Crippen molar-refractivity contribution in [1.29, 1.82) is 0 Å². The van der Waals surface area contributed by atoms with E-state index in [4.69, 9.17) is 4.99 Å². The summed E-state index contributed by atoms with van der Waals surface area (Å²) in [6, 6.07) is 20.7. The first kappa shape index (κ1) is 23.3. The van der Waals surface area contributed by atoms with E-state index in [2.05, 4.69) is 43.5 Å². The van der Waals surface area contributed by atoms with E-state index in [1.807, 2.05) is 75.4 Å². The fraction of sp³-hybridized carbons (Fsp3) is 0.0385. The molecule has 1 aliphatic heterocycles. The van der Waals surface area contributed by atoms with Crippen molar-refractivity contribution in [2.75, 3.05) is 0 Å². The van der Waals surface area contributed by atoms with Crippen LogP contribution in [0.5, 0.6) is 0 Å². The van der Waals surface area contributed by atoms with Crippen LogP contribution in [0.15, 0.2) is 65.7 Å². The van der Waals surface area contributed by atoms with Gasteiger partial charge in [0.1, 0.15) is 5.42 Å². The Bertz CT molecular complexity index is 867. The zero-order valence-electron chi connectivity index (χ0n) is 16.6. The van der Waals surface area contributed by atoms with Crippen LogP contribution in [-0.2, 0) is 21.9 Å². The molecule has 0 aromatic heterocycles. The molecule has 148 valence electrons. The van der Waals surface area contributed by atoms with E-state index in [0.717, 1.165) is 17.9 Å². The number of benzene rings is 2. The molecular weight excluding hydrogens is 429 g/mol. The van der Waals surface area contributed by atoms with Gasteiger partial charge in [0.25, 0.3) is 0 Å². The fourth-order valence-electron chi connectivity index (χ4n) is 3.86. The van der Waals surface area contributed by atoms with Gasteiger partial charge in [0.2, 0.25) is 0 Å². The minimum atomic E-state index is -2.22. The molecule has 2 fully saturated rings. The number of nitrogens with zero attached hydrogens (tertiary/aromatic N) is 1. The van der Waals surface area contributed by atoms with Crippen LogP contribution in [0.25, 0.3) is 0 Å². The van der Waals surface area contributed by atoms with E-state index in [9.17, 15) is 4.79 Å². The maximum atomic E-state index is 12.1. The third kappa shape index (κ3) is 4.31. The summed E-state index contributed by atoms with van der Waals surface area (Å²) >= 11 is 0. The smallest absolute Gasteiger partial charge is 0.296 e. The number of rotatable bonds is 3. The minimum Gasteiger partial charge on any atom is -0.296 e. The van der Waals surface area contributed by atoms with Crippen molar-refractivity contribution in [3.63, 3.8) is 0 Å². The average Bonchev–Trinajstić information content (AvgIpc) is 3.50. The first-order valence-corrected chi connectivity index (χ1v) is 11.4. The predicted molar refractivity (Wildman–Crippen MR) is 124 cm³/mol. The molecule has 5 rings (SSSR count). The fourth-order valence-corrected chi connectivity index (χ4v) is 8.10. The summed E-state index contributed by atoms with van der Waals surface area (Å²) in [5.41, 5.74) is 2.80. The summed E-state index contributed by atoms with van der Waals surface area (Å²) in [5.74, 6) is 1.15. The molecular formula is C26H22FeNOP+2. The van der Waals surface area contributed by atoms with Gasteiger partial charge < -0.3 is 0 Å². The van der Waals surface area contributed by atoms with Crippen molar-refractivity contribution < 1.29 is 21.9 Å². The number of carbonyl (C=O) groups excluding carboxylic acids is 1. The van der Waals surface area contributed by atoms with Gasteiger partial charge in [0.15, 0.2) is 6.29 Å². The van der Waals surface area contributed by atoms with Crippen LogP contribution in [0.2, 0.25) is 0 Å². The Balaban J connectivity index is 0.000000376. The molecule has 0 bridgehead atoms. The molecule has 2 aliphatic carbocycles. The summed E-state index contributed by atoms with van der Waals surface area (Å²) in [5, 5.41) is 2.34. The van der Waals surface area contributed by atoms with Crippen LogP contribution in [0.4, 0.5) is 0 Å². The van der Waals surface area contributed by atoms with Gasteiger partial charge >= 0.3 is 17.1 Å². The van der Waals surface area contributed by atoms with Gasteiger partial charge in [-0.2, -0.15) is 0 Å². The topological polar surface area (TPSA) is 29.4 Å². The van der Waals surface area contributed by atoms with Crippen LogP contribution < -0.4 is 10.6 Å². The summed E-state index contributed by atoms with van der Waals surface area (Å²) in [4.78, 5) is 16.8. The van der Waals surface area contributed by atoms with Gasteiger partial charge in [-0.25, -0.2) is 0 Å². The molecule has 3 aliphatic rings. The molecule has 0 atom stereocenters. The standard InChI is InChI=1S/C21H17NOP.C5H5.Fe/c1-16-19-13-8-14-20(19)24(21(15-23)22-16,17-9-4-2-5-10-17)18-11-6-3-7-12-18;1-2-4-5-3-1;/h2-15H,1H3;1-5H;/q;;+2. The first-order valence-electron chi connectivity index (χ1n) is 9.60. The van der Waals surface area contributed by atoms with E-state index in [-0.39, 0.29) is 17.1 Å². The van der Waals surface area contributed by atoms with E-state index in [0.29, 0.717) is 5.42 Å². The number of aldehydes is 1. The van der Waals surface area contributed by atoms with Gasteiger partial charge in [0.05, 0.1) is 0 Å². The monoisotopic (exact) mass is 451 g/mol. The maximum absolute atomic E-state index is 12.1. The quantitative estimate of drug-likeness (QED) is 0.391. The Morgan fingerprint density at radius 2 is 1.23 bits per heavy atom. The summed E-state index contributed by atoms with van der Waals surface area (Å²) < 4.78 is 0. The third-order valence-electron chi connectivity index (χ3n) is 5.12. The maximum Gasteiger partial charge on any atom is 2.00 e. The molecule has 0 unspecified atom stereocenters. The molecule has 2 saturated carbocycles. The number of carbonyl (C=O) groups is 1. The van der Waals surface area contributed by atoms with Gasteiger partial charge in [-0.05, 0) is 75.8 Å². The second-order valence-corrected chi connectivity index (χ2v) is 10.1. The predicted octanol–water partition coefficient (Wildman–Crippen LogP) is 4.21. The molecule has 2 aromatic carbocycles. The minimum absolute atomic E-state index is 0. The zero-order chi connectivity index (χ0) is 20.1. The first-order chi connectivity index (χ1) is 14.3. The van der Waals surface area contributed by atoms with Gasteiger partial charge in [-0.1, -0.05) is 60.7 Å². The van der Waals surface area contributed by atoms with E-state index >= 15 is 0 Å². The number of hydrogen-bond donors (Lipinski definition) is 0. The Labute approximate surface area is 192 Å². The molecule has 2 aromatic rings. The molecule has 0 spiro atoms. The Hall–Kier alpha value is -1.40. The molecule has 1 heterocycles.